The van der Waals surface area contributed by atoms with E-state index in [9.17, 15) is 9.59 Å². The predicted molar refractivity (Wildman–Crippen MR) is 101 cm³/mol. The van der Waals surface area contributed by atoms with Crippen LogP contribution in [0.25, 0.3) is 0 Å². The molecule has 0 aliphatic rings. The van der Waals surface area contributed by atoms with Crippen molar-refractivity contribution in [3.63, 3.8) is 0 Å². The fourth-order valence-electron chi connectivity index (χ4n) is 3.03. The molecule has 0 aromatic heterocycles. The second kappa shape index (κ2) is 10.5. The lowest BCUT2D eigenvalue weighted by Crippen LogP contribution is -2.47. The number of amides is 2. The fourth-order valence-corrected chi connectivity index (χ4v) is 3.03. The zero-order chi connectivity index (χ0) is 19.9. The highest BCUT2D eigenvalue weighted by Crippen LogP contribution is 2.16. The van der Waals surface area contributed by atoms with Crippen molar-refractivity contribution < 1.29 is 19.1 Å². The Morgan fingerprint density at radius 3 is 1.28 bits per heavy atom. The van der Waals surface area contributed by atoms with E-state index < -0.39 is 12.2 Å². The molecule has 0 aliphatic carbocycles. The molecule has 25 heavy (non-hydrogen) atoms. The summed E-state index contributed by atoms with van der Waals surface area (Å²) in [4.78, 5) is 28.3. The Morgan fingerprint density at radius 1 is 0.680 bits per heavy atom. The molecule has 0 aromatic carbocycles. The zero-order valence-corrected chi connectivity index (χ0v) is 17.7. The monoisotopic (exact) mass is 358 g/mol. The van der Waals surface area contributed by atoms with Crippen LogP contribution in [0.15, 0.2) is 0 Å². The maximum Gasteiger partial charge on any atom is 0.410 e. The van der Waals surface area contributed by atoms with Gasteiger partial charge in [-0.1, -0.05) is 6.92 Å². The first-order valence-corrected chi connectivity index (χ1v) is 9.41. The summed E-state index contributed by atoms with van der Waals surface area (Å²) in [6.07, 6.45) is -1.16. The van der Waals surface area contributed by atoms with Gasteiger partial charge >= 0.3 is 12.2 Å². The van der Waals surface area contributed by atoms with Crippen LogP contribution in [0.1, 0.15) is 75.7 Å². The Kier molecular flexibility index (Phi) is 9.90. The van der Waals surface area contributed by atoms with E-state index in [-0.39, 0.29) is 36.4 Å². The lowest BCUT2D eigenvalue weighted by Gasteiger charge is -2.34. The molecular formula is C19H38N2O4. The lowest BCUT2D eigenvalue weighted by atomic mass is 10.2. The average Bonchev–Trinajstić information content (AvgIpc) is 2.42. The molecule has 0 aromatic rings. The maximum absolute atomic E-state index is 12.5. The van der Waals surface area contributed by atoms with Crippen molar-refractivity contribution in [2.45, 2.75) is 112 Å². The summed E-state index contributed by atoms with van der Waals surface area (Å²) in [5.74, 6) is 0. The molecule has 0 bridgehead atoms. The van der Waals surface area contributed by atoms with E-state index in [4.69, 9.17) is 9.47 Å². The molecule has 6 heteroatoms. The quantitative estimate of drug-likeness (QED) is 0.633. The van der Waals surface area contributed by atoms with Crippen molar-refractivity contribution in [2.24, 2.45) is 0 Å². The Balaban J connectivity index is 4.99. The first-order chi connectivity index (χ1) is 11.4. The van der Waals surface area contributed by atoms with Crippen LogP contribution in [0.4, 0.5) is 9.59 Å². The molecule has 0 N–H and O–H groups in total. The van der Waals surface area contributed by atoms with Crippen LogP contribution in [0.3, 0.4) is 0 Å². The maximum atomic E-state index is 12.5. The van der Waals surface area contributed by atoms with Gasteiger partial charge in [-0.15, -0.1) is 0 Å². The van der Waals surface area contributed by atoms with Gasteiger partial charge in [0.25, 0.3) is 0 Å². The largest absolute Gasteiger partial charge is 0.442 e. The molecule has 0 fully saturated rings. The van der Waals surface area contributed by atoms with E-state index in [1.807, 2.05) is 62.3 Å². The number of carbonyl (C=O) groups is 2. The molecule has 2 unspecified atom stereocenters. The highest BCUT2D eigenvalue weighted by molar-refractivity contribution is 5.69. The zero-order valence-electron chi connectivity index (χ0n) is 17.7. The van der Waals surface area contributed by atoms with Gasteiger partial charge in [0.2, 0.25) is 0 Å². The van der Waals surface area contributed by atoms with Crippen molar-refractivity contribution in [3.05, 3.63) is 0 Å². The van der Waals surface area contributed by atoms with Gasteiger partial charge in [0.15, 0.2) is 0 Å². The second-order valence-electron chi connectivity index (χ2n) is 7.61. The summed E-state index contributed by atoms with van der Waals surface area (Å²) >= 11 is 0. The SMILES string of the molecule is CCC(OC(=O)N(C(C)C)C(C)C)C(C)OC(=O)N(C(C)C)C(C)C. The van der Waals surface area contributed by atoms with Crippen molar-refractivity contribution in [1.29, 1.82) is 0 Å². The van der Waals surface area contributed by atoms with Crippen LogP contribution < -0.4 is 0 Å². The molecule has 0 saturated carbocycles. The van der Waals surface area contributed by atoms with Gasteiger partial charge in [-0.05, 0) is 68.7 Å². The highest BCUT2D eigenvalue weighted by atomic mass is 16.6. The smallest absolute Gasteiger partial charge is 0.410 e. The van der Waals surface area contributed by atoms with Crippen molar-refractivity contribution in [1.82, 2.24) is 9.80 Å². The van der Waals surface area contributed by atoms with Crippen LogP contribution >= 0.6 is 0 Å². The van der Waals surface area contributed by atoms with E-state index in [1.165, 1.54) is 0 Å². The van der Waals surface area contributed by atoms with Gasteiger partial charge in [0.1, 0.15) is 12.2 Å². The third-order valence-electron chi connectivity index (χ3n) is 4.11. The van der Waals surface area contributed by atoms with Crippen LogP contribution in [0.5, 0.6) is 0 Å². The van der Waals surface area contributed by atoms with Crippen molar-refractivity contribution in [2.75, 3.05) is 0 Å². The summed E-state index contributed by atoms with van der Waals surface area (Å²) in [6.45, 7) is 19.3. The Labute approximate surface area is 153 Å². The number of carbonyl (C=O) groups excluding carboxylic acids is 2. The molecule has 148 valence electrons. The Morgan fingerprint density at radius 2 is 1.00 bits per heavy atom. The number of rotatable bonds is 8. The van der Waals surface area contributed by atoms with Gasteiger partial charge in [-0.3, -0.25) is 0 Å². The first kappa shape index (κ1) is 23.5. The van der Waals surface area contributed by atoms with Crippen molar-refractivity contribution in [3.8, 4) is 0 Å². The van der Waals surface area contributed by atoms with Gasteiger partial charge in [0, 0.05) is 24.2 Å². The van der Waals surface area contributed by atoms with Crippen LogP contribution in [-0.4, -0.2) is 58.4 Å². The summed E-state index contributed by atoms with van der Waals surface area (Å²) in [5.41, 5.74) is 0. The predicted octanol–water partition coefficient (Wildman–Crippen LogP) is 4.66. The van der Waals surface area contributed by atoms with Gasteiger partial charge in [-0.25, -0.2) is 9.59 Å². The van der Waals surface area contributed by atoms with E-state index >= 15 is 0 Å². The minimum absolute atomic E-state index is 0.0414. The minimum Gasteiger partial charge on any atom is -0.442 e. The van der Waals surface area contributed by atoms with E-state index in [2.05, 4.69) is 0 Å². The number of hydrogen-bond acceptors (Lipinski definition) is 4. The topological polar surface area (TPSA) is 59.1 Å². The standard InChI is InChI=1S/C19H38N2O4/c1-11-17(25-19(23)21(14(6)7)15(8)9)16(10)24-18(22)20(12(2)3)13(4)5/h12-17H,11H2,1-10H3. The Bertz CT molecular complexity index is 406. The fraction of sp³-hybridized carbons (Fsp3) is 0.895. The van der Waals surface area contributed by atoms with E-state index in [1.54, 1.807) is 16.7 Å². The van der Waals surface area contributed by atoms with E-state index in [0.29, 0.717) is 6.42 Å². The molecule has 0 aliphatic heterocycles. The van der Waals surface area contributed by atoms with Gasteiger partial charge in [0.05, 0.1) is 0 Å². The van der Waals surface area contributed by atoms with Crippen LogP contribution in [0, 0.1) is 0 Å². The second-order valence-corrected chi connectivity index (χ2v) is 7.61. The summed E-state index contributed by atoms with van der Waals surface area (Å²) in [7, 11) is 0. The Hall–Kier alpha value is -1.46. The number of nitrogens with zero attached hydrogens (tertiary/aromatic N) is 2. The molecule has 0 saturated heterocycles. The average molecular weight is 359 g/mol. The van der Waals surface area contributed by atoms with Crippen molar-refractivity contribution >= 4 is 12.2 Å². The third-order valence-corrected chi connectivity index (χ3v) is 4.11. The normalized spacial score (nSPS) is 14.0. The minimum atomic E-state index is -0.511. The molecule has 0 radical (unpaired) electrons. The molecule has 0 heterocycles. The molecule has 0 spiro atoms. The molecule has 2 atom stereocenters. The molecule has 6 nitrogen and oxygen atoms in total. The number of ether oxygens (including phenoxy) is 2. The first-order valence-electron chi connectivity index (χ1n) is 9.41. The van der Waals surface area contributed by atoms with Gasteiger partial charge < -0.3 is 19.3 Å². The van der Waals surface area contributed by atoms with E-state index in [0.717, 1.165) is 0 Å². The highest BCUT2D eigenvalue weighted by Gasteiger charge is 2.30. The number of hydrogen-bond donors (Lipinski definition) is 0. The van der Waals surface area contributed by atoms with Crippen LogP contribution in [0.2, 0.25) is 0 Å². The van der Waals surface area contributed by atoms with Gasteiger partial charge in [-0.2, -0.15) is 0 Å². The van der Waals surface area contributed by atoms with Crippen LogP contribution in [-0.2, 0) is 9.47 Å². The molecular weight excluding hydrogens is 320 g/mol. The summed E-state index contributed by atoms with van der Waals surface area (Å²) in [6, 6.07) is 0.167. The molecule has 0 rings (SSSR count). The summed E-state index contributed by atoms with van der Waals surface area (Å²) < 4.78 is 11.2. The third kappa shape index (κ3) is 7.12. The lowest BCUT2D eigenvalue weighted by molar-refractivity contribution is -0.0337. The molecule has 2 amide bonds. The summed E-state index contributed by atoms with van der Waals surface area (Å²) in [5, 5.41) is 0.